The van der Waals surface area contributed by atoms with Crippen LogP contribution in [0.25, 0.3) is 10.2 Å². The van der Waals surface area contributed by atoms with E-state index < -0.39 is 5.76 Å². The molecule has 21 heavy (non-hydrogen) atoms. The van der Waals surface area contributed by atoms with E-state index in [-0.39, 0.29) is 5.75 Å². The van der Waals surface area contributed by atoms with Gasteiger partial charge in [0.2, 0.25) is 0 Å². The van der Waals surface area contributed by atoms with E-state index in [9.17, 15) is 8.78 Å². The van der Waals surface area contributed by atoms with E-state index in [0.717, 1.165) is 21.7 Å². The number of benzene rings is 1. The van der Waals surface area contributed by atoms with Gasteiger partial charge in [-0.2, -0.15) is 8.78 Å². The third-order valence-corrected chi connectivity index (χ3v) is 4.36. The van der Waals surface area contributed by atoms with Crippen molar-refractivity contribution in [3.63, 3.8) is 0 Å². The zero-order chi connectivity index (χ0) is 14.7. The number of alkyl halides is 2. The molecule has 0 unspecified atom stereocenters. The summed E-state index contributed by atoms with van der Waals surface area (Å²) in [6, 6.07) is 9.49. The van der Waals surface area contributed by atoms with Crippen molar-refractivity contribution >= 4 is 39.0 Å². The zero-order valence-electron chi connectivity index (χ0n) is 10.9. The fraction of sp³-hybridized carbons (Fsp3) is 0.214. The van der Waals surface area contributed by atoms with E-state index in [1.807, 2.05) is 23.7 Å². The lowest BCUT2D eigenvalue weighted by atomic mass is 10.3. The summed E-state index contributed by atoms with van der Waals surface area (Å²) < 4.78 is 30.8. The summed E-state index contributed by atoms with van der Waals surface area (Å²) in [5.74, 6) is -0.896. The van der Waals surface area contributed by atoms with Crippen LogP contribution in [0.2, 0.25) is 0 Å². The molecule has 0 fully saturated rings. The Labute approximate surface area is 128 Å². The molecule has 3 nitrogen and oxygen atoms in total. The molecule has 0 bridgehead atoms. The van der Waals surface area contributed by atoms with Crippen molar-refractivity contribution in [3.05, 3.63) is 47.4 Å². The van der Waals surface area contributed by atoms with E-state index in [1.165, 1.54) is 0 Å². The molecule has 0 aliphatic rings. The number of rotatable bonds is 6. The van der Waals surface area contributed by atoms with Crippen LogP contribution in [-0.4, -0.2) is 10.7 Å². The highest BCUT2D eigenvalue weighted by Crippen LogP contribution is 2.23. The number of hydrogen-bond acceptors (Lipinski definition) is 5. The lowest BCUT2D eigenvalue weighted by Crippen LogP contribution is -1.97. The minimum absolute atomic E-state index is 0.185. The molecule has 7 heteroatoms. The number of hydrogen-bond donors (Lipinski definition) is 1. The number of thioether (sulfide) groups is 1. The van der Waals surface area contributed by atoms with Crippen molar-refractivity contribution in [3.8, 4) is 0 Å². The molecule has 3 aromatic rings. The molecule has 110 valence electrons. The number of aromatic nitrogens is 1. The summed E-state index contributed by atoms with van der Waals surface area (Å²) in [6.07, 6.45) is 0. The molecule has 0 radical (unpaired) electrons. The van der Waals surface area contributed by atoms with Gasteiger partial charge in [-0.25, -0.2) is 4.98 Å². The van der Waals surface area contributed by atoms with Crippen molar-refractivity contribution < 1.29 is 13.2 Å². The lowest BCUT2D eigenvalue weighted by molar-refractivity contribution is 0.251. The molecule has 2 aromatic heterocycles. The Bertz CT molecular complexity index is 726. The third-order valence-electron chi connectivity index (χ3n) is 2.87. The minimum Gasteiger partial charge on any atom is -0.463 e. The SMILES string of the molecule is FC(F)SCc1ccc(CNc2ccc3ncsc3c2)o1. The molecule has 0 saturated carbocycles. The second kappa shape index (κ2) is 6.44. The van der Waals surface area contributed by atoms with Gasteiger partial charge in [0.25, 0.3) is 5.76 Å². The predicted molar refractivity (Wildman–Crippen MR) is 83.0 cm³/mol. The third kappa shape index (κ3) is 3.74. The van der Waals surface area contributed by atoms with Gasteiger partial charge in [0.15, 0.2) is 0 Å². The summed E-state index contributed by atoms with van der Waals surface area (Å²) in [5, 5.41) is 3.25. The van der Waals surface area contributed by atoms with Crippen LogP contribution in [-0.2, 0) is 12.3 Å². The highest BCUT2D eigenvalue weighted by Gasteiger charge is 2.07. The maximum absolute atomic E-state index is 12.1. The van der Waals surface area contributed by atoms with Gasteiger partial charge in [0, 0.05) is 5.69 Å². The first-order valence-corrected chi connectivity index (χ1v) is 8.18. The standard InChI is InChI=1S/C14H12F2N2OS2/c15-14(16)20-7-11-3-2-10(19-11)6-17-9-1-4-12-13(5-9)21-8-18-12/h1-5,8,14,17H,6-7H2. The zero-order valence-corrected chi connectivity index (χ0v) is 12.5. The Hall–Kier alpha value is -1.60. The van der Waals surface area contributed by atoms with Crippen molar-refractivity contribution in [1.29, 1.82) is 0 Å². The van der Waals surface area contributed by atoms with Crippen LogP contribution < -0.4 is 5.32 Å². The fourth-order valence-electron chi connectivity index (χ4n) is 1.89. The van der Waals surface area contributed by atoms with Crippen LogP contribution in [0.3, 0.4) is 0 Å². The van der Waals surface area contributed by atoms with Gasteiger partial charge in [-0.05, 0) is 30.3 Å². The van der Waals surface area contributed by atoms with Crippen LogP contribution in [0.1, 0.15) is 11.5 Å². The second-order valence-corrected chi connectivity index (χ2v) is 6.19. The molecule has 3 rings (SSSR count). The summed E-state index contributed by atoms with van der Waals surface area (Å²) in [6.45, 7) is 0.518. The summed E-state index contributed by atoms with van der Waals surface area (Å²) in [5.41, 5.74) is 3.77. The average Bonchev–Trinajstić information content (AvgIpc) is 3.11. The van der Waals surface area contributed by atoms with Crippen LogP contribution >= 0.6 is 23.1 Å². The number of fused-ring (bicyclic) bond motifs is 1. The first-order valence-electron chi connectivity index (χ1n) is 6.25. The maximum atomic E-state index is 12.1. The van der Waals surface area contributed by atoms with Gasteiger partial charge in [0.1, 0.15) is 11.5 Å². The van der Waals surface area contributed by atoms with Crippen molar-refractivity contribution in [2.24, 2.45) is 0 Å². The first-order chi connectivity index (χ1) is 10.2. The first kappa shape index (κ1) is 14.3. The Morgan fingerprint density at radius 2 is 2.10 bits per heavy atom. The molecule has 0 aliphatic heterocycles. The highest BCUT2D eigenvalue weighted by atomic mass is 32.2. The summed E-state index contributed by atoms with van der Waals surface area (Å²) in [7, 11) is 0. The summed E-state index contributed by atoms with van der Waals surface area (Å²) in [4.78, 5) is 4.22. The molecular weight excluding hydrogens is 314 g/mol. The Balaban J connectivity index is 1.59. The average molecular weight is 326 g/mol. The van der Waals surface area contributed by atoms with Crippen LogP contribution in [0.5, 0.6) is 0 Å². The molecule has 0 saturated heterocycles. The largest absolute Gasteiger partial charge is 0.463 e. The van der Waals surface area contributed by atoms with Crippen molar-refractivity contribution in [2.75, 3.05) is 5.32 Å². The van der Waals surface area contributed by atoms with Gasteiger partial charge < -0.3 is 9.73 Å². The molecule has 2 heterocycles. The van der Waals surface area contributed by atoms with E-state index >= 15 is 0 Å². The van der Waals surface area contributed by atoms with Gasteiger partial charge in [-0.15, -0.1) is 11.3 Å². The second-order valence-electron chi connectivity index (χ2n) is 4.33. The molecule has 0 amide bonds. The smallest absolute Gasteiger partial charge is 0.284 e. The van der Waals surface area contributed by atoms with E-state index in [1.54, 1.807) is 23.5 Å². The van der Waals surface area contributed by atoms with Gasteiger partial charge >= 0.3 is 0 Å². The minimum atomic E-state index is -2.37. The van der Waals surface area contributed by atoms with Gasteiger partial charge in [0.05, 0.1) is 28.0 Å². The van der Waals surface area contributed by atoms with Crippen LogP contribution in [0.15, 0.2) is 40.3 Å². The Morgan fingerprint density at radius 3 is 2.95 bits per heavy atom. The fourth-order valence-corrected chi connectivity index (χ4v) is 3.06. The van der Waals surface area contributed by atoms with Crippen LogP contribution in [0.4, 0.5) is 14.5 Å². The number of nitrogens with one attached hydrogen (secondary N) is 1. The quantitative estimate of drug-likeness (QED) is 0.695. The normalized spacial score (nSPS) is 11.4. The van der Waals surface area contributed by atoms with Crippen LogP contribution in [0, 0.1) is 0 Å². The molecule has 1 N–H and O–H groups in total. The highest BCUT2D eigenvalue weighted by molar-refractivity contribution is 7.98. The molecular formula is C14H12F2N2OS2. The molecule has 0 spiro atoms. The maximum Gasteiger partial charge on any atom is 0.284 e. The van der Waals surface area contributed by atoms with E-state index in [0.29, 0.717) is 24.1 Å². The lowest BCUT2D eigenvalue weighted by Gasteiger charge is -2.04. The topological polar surface area (TPSA) is 38.1 Å². The molecule has 0 aliphatic carbocycles. The van der Waals surface area contributed by atoms with Crippen molar-refractivity contribution in [2.45, 2.75) is 18.1 Å². The van der Waals surface area contributed by atoms with E-state index in [4.69, 9.17) is 4.42 Å². The Kier molecular flexibility index (Phi) is 4.40. The number of anilines is 1. The number of nitrogens with zero attached hydrogens (tertiary/aromatic N) is 1. The predicted octanol–water partition coefficient (Wildman–Crippen LogP) is 4.96. The number of furan rings is 1. The van der Waals surface area contributed by atoms with E-state index in [2.05, 4.69) is 10.3 Å². The van der Waals surface area contributed by atoms with Gasteiger partial charge in [-0.1, -0.05) is 11.8 Å². The summed E-state index contributed by atoms with van der Waals surface area (Å²) >= 11 is 2.15. The monoisotopic (exact) mass is 326 g/mol. The van der Waals surface area contributed by atoms with Gasteiger partial charge in [-0.3, -0.25) is 0 Å². The molecule has 0 atom stereocenters. The number of halogens is 2. The molecule has 1 aromatic carbocycles. The number of thiazole rings is 1. The Morgan fingerprint density at radius 1 is 1.24 bits per heavy atom. The van der Waals surface area contributed by atoms with Crippen molar-refractivity contribution in [1.82, 2.24) is 4.98 Å².